The van der Waals surface area contributed by atoms with Crippen LogP contribution in [0.15, 0.2) is 0 Å². The van der Waals surface area contributed by atoms with Gasteiger partial charge in [-0.15, -0.1) is 0 Å². The van der Waals surface area contributed by atoms with Gasteiger partial charge in [-0.25, -0.2) is 4.39 Å². The first-order chi connectivity index (χ1) is 7.66. The van der Waals surface area contributed by atoms with Gasteiger partial charge < -0.3 is 9.64 Å². The molecule has 0 radical (unpaired) electrons. The molecule has 0 aliphatic carbocycles. The Kier molecular flexibility index (Phi) is 4.20. The Morgan fingerprint density at radius 2 is 1.88 bits per heavy atom. The second-order valence-corrected chi connectivity index (χ2v) is 5.56. The first-order valence-corrected chi connectivity index (χ1v) is 6.65. The molecule has 16 heavy (non-hydrogen) atoms. The molecule has 2 nitrogen and oxygen atoms in total. The minimum absolute atomic E-state index is 0.0631. The summed E-state index contributed by atoms with van der Waals surface area (Å²) in [5.41, 5.74) is 0. The zero-order valence-electron chi connectivity index (χ0n) is 10.5. The molecule has 2 heterocycles. The predicted molar refractivity (Wildman–Crippen MR) is 63.3 cm³/mol. The van der Waals surface area contributed by atoms with E-state index in [0.29, 0.717) is 13.0 Å². The molecule has 3 heteroatoms. The Morgan fingerprint density at radius 1 is 1.19 bits per heavy atom. The molecule has 2 fully saturated rings. The van der Waals surface area contributed by atoms with Gasteiger partial charge in [-0.1, -0.05) is 13.8 Å². The van der Waals surface area contributed by atoms with E-state index < -0.39 is 6.17 Å². The van der Waals surface area contributed by atoms with E-state index in [1.54, 1.807) is 0 Å². The summed E-state index contributed by atoms with van der Waals surface area (Å²) in [5, 5.41) is 0. The van der Waals surface area contributed by atoms with Crippen LogP contribution in [0.2, 0.25) is 0 Å². The number of halogens is 1. The molecule has 2 rings (SSSR count). The summed E-state index contributed by atoms with van der Waals surface area (Å²) < 4.78 is 19.3. The van der Waals surface area contributed by atoms with E-state index in [4.69, 9.17) is 4.74 Å². The summed E-state index contributed by atoms with van der Waals surface area (Å²) in [7, 11) is 0. The molecule has 2 aliphatic rings. The van der Waals surface area contributed by atoms with Crippen LogP contribution in [-0.4, -0.2) is 43.4 Å². The summed E-state index contributed by atoms with van der Waals surface area (Å²) in [4.78, 5) is 2.44. The molecular formula is C13H24FNO. The molecule has 3 atom stereocenters. The molecule has 0 amide bonds. The number of alkyl halides is 1. The van der Waals surface area contributed by atoms with Gasteiger partial charge in [0.2, 0.25) is 0 Å². The molecule has 2 aliphatic heterocycles. The van der Waals surface area contributed by atoms with Gasteiger partial charge in [0.1, 0.15) is 6.17 Å². The van der Waals surface area contributed by atoms with E-state index in [-0.39, 0.29) is 12.0 Å². The Bertz CT molecular complexity index is 216. The van der Waals surface area contributed by atoms with Crippen molar-refractivity contribution < 1.29 is 9.13 Å². The molecule has 0 saturated carbocycles. The van der Waals surface area contributed by atoms with Crippen LogP contribution in [0.3, 0.4) is 0 Å². The lowest BCUT2D eigenvalue weighted by Gasteiger charge is -2.38. The third-order valence-corrected chi connectivity index (χ3v) is 4.20. The van der Waals surface area contributed by atoms with Crippen LogP contribution in [0, 0.1) is 11.8 Å². The Labute approximate surface area is 98.1 Å². The summed E-state index contributed by atoms with van der Waals surface area (Å²) in [6, 6.07) is 0. The maximum atomic E-state index is 13.5. The van der Waals surface area contributed by atoms with Crippen LogP contribution in [-0.2, 0) is 4.74 Å². The van der Waals surface area contributed by atoms with Crippen molar-refractivity contribution in [3.05, 3.63) is 0 Å². The lowest BCUT2D eigenvalue weighted by Crippen LogP contribution is -2.46. The van der Waals surface area contributed by atoms with Crippen LogP contribution in [0.1, 0.15) is 33.1 Å². The first kappa shape index (κ1) is 12.3. The highest BCUT2D eigenvalue weighted by molar-refractivity contribution is 4.82. The van der Waals surface area contributed by atoms with E-state index in [9.17, 15) is 4.39 Å². The molecule has 0 spiro atoms. The fourth-order valence-corrected chi connectivity index (χ4v) is 2.70. The lowest BCUT2D eigenvalue weighted by molar-refractivity contribution is -0.0749. The van der Waals surface area contributed by atoms with Crippen LogP contribution in [0.5, 0.6) is 0 Å². The van der Waals surface area contributed by atoms with Crippen molar-refractivity contribution in [1.82, 2.24) is 4.90 Å². The summed E-state index contributed by atoms with van der Waals surface area (Å²) in [5.74, 6) is 0.919. The van der Waals surface area contributed by atoms with E-state index in [1.807, 2.05) is 6.92 Å². The van der Waals surface area contributed by atoms with Gasteiger partial charge in [0.15, 0.2) is 0 Å². The van der Waals surface area contributed by atoms with Crippen molar-refractivity contribution in [2.24, 2.45) is 11.8 Å². The number of piperidine rings is 1. The summed E-state index contributed by atoms with van der Waals surface area (Å²) in [6.07, 6.45) is 2.58. The van der Waals surface area contributed by atoms with Crippen LogP contribution in [0.25, 0.3) is 0 Å². The largest absolute Gasteiger partial charge is 0.376 e. The summed E-state index contributed by atoms with van der Waals surface area (Å²) in [6.45, 7) is 8.14. The van der Waals surface area contributed by atoms with Crippen LogP contribution in [0.4, 0.5) is 4.39 Å². The third-order valence-electron chi connectivity index (χ3n) is 4.20. The smallest absolute Gasteiger partial charge is 0.107 e. The molecular weight excluding hydrogens is 205 g/mol. The van der Waals surface area contributed by atoms with E-state index in [1.165, 1.54) is 12.8 Å². The molecule has 0 N–H and O–H groups in total. The fraction of sp³-hybridized carbons (Fsp3) is 1.00. The molecule has 1 unspecified atom stereocenters. The number of hydrogen-bond donors (Lipinski definition) is 0. The third kappa shape index (κ3) is 2.95. The molecule has 94 valence electrons. The normalized spacial score (nSPS) is 38.8. The van der Waals surface area contributed by atoms with Crippen molar-refractivity contribution >= 4 is 0 Å². The number of hydrogen-bond acceptors (Lipinski definition) is 2. The van der Waals surface area contributed by atoms with Gasteiger partial charge in [0.25, 0.3) is 0 Å². The molecule has 0 aromatic rings. The second kappa shape index (κ2) is 5.46. The van der Waals surface area contributed by atoms with Crippen LogP contribution < -0.4 is 0 Å². The number of nitrogens with zero attached hydrogens (tertiary/aromatic N) is 1. The molecule has 0 bridgehead atoms. The van der Waals surface area contributed by atoms with E-state index in [2.05, 4.69) is 11.8 Å². The lowest BCUT2D eigenvalue weighted by atomic mass is 9.92. The van der Waals surface area contributed by atoms with E-state index >= 15 is 0 Å². The fourth-order valence-electron chi connectivity index (χ4n) is 2.70. The summed E-state index contributed by atoms with van der Waals surface area (Å²) >= 11 is 0. The predicted octanol–water partition coefficient (Wildman–Crippen LogP) is 2.48. The molecule has 0 aromatic carbocycles. The highest BCUT2D eigenvalue weighted by Gasteiger charge is 2.32. The number of ether oxygens (including phenoxy) is 1. The molecule has 0 aromatic heterocycles. The highest BCUT2D eigenvalue weighted by atomic mass is 19.1. The highest BCUT2D eigenvalue weighted by Crippen LogP contribution is 2.25. The zero-order valence-corrected chi connectivity index (χ0v) is 10.5. The quantitative estimate of drug-likeness (QED) is 0.721. The van der Waals surface area contributed by atoms with Gasteiger partial charge in [-0.05, 0) is 31.8 Å². The maximum Gasteiger partial charge on any atom is 0.107 e. The standard InChI is InChI=1S/C13H24FNO/c1-10-3-6-15(7-4-10)9-13-11(2)12(14)5-8-16-13/h10-13H,3-9H2,1-2H3/t11-,12?,13-/m1/s1. The average molecular weight is 229 g/mol. The zero-order chi connectivity index (χ0) is 11.5. The van der Waals surface area contributed by atoms with Crippen molar-refractivity contribution in [3.63, 3.8) is 0 Å². The van der Waals surface area contributed by atoms with Crippen molar-refractivity contribution in [2.75, 3.05) is 26.2 Å². The topological polar surface area (TPSA) is 12.5 Å². The van der Waals surface area contributed by atoms with E-state index in [0.717, 1.165) is 25.6 Å². The minimum atomic E-state index is -0.664. The van der Waals surface area contributed by atoms with Crippen molar-refractivity contribution in [2.45, 2.75) is 45.4 Å². The SMILES string of the molecule is CC1CCN(C[C@H]2OCCC(F)[C@H]2C)CC1. The number of likely N-dealkylation sites (tertiary alicyclic amines) is 1. The second-order valence-electron chi connectivity index (χ2n) is 5.56. The molecule has 2 saturated heterocycles. The maximum absolute atomic E-state index is 13.5. The number of rotatable bonds is 2. The monoisotopic (exact) mass is 229 g/mol. The van der Waals surface area contributed by atoms with Crippen LogP contribution >= 0.6 is 0 Å². The minimum Gasteiger partial charge on any atom is -0.376 e. The first-order valence-electron chi connectivity index (χ1n) is 6.65. The Balaban J connectivity index is 1.80. The van der Waals surface area contributed by atoms with Gasteiger partial charge in [-0.3, -0.25) is 0 Å². The Hall–Kier alpha value is -0.150. The van der Waals surface area contributed by atoms with Gasteiger partial charge in [-0.2, -0.15) is 0 Å². The van der Waals surface area contributed by atoms with Gasteiger partial charge in [0.05, 0.1) is 6.10 Å². The Morgan fingerprint density at radius 3 is 2.56 bits per heavy atom. The van der Waals surface area contributed by atoms with Crippen molar-refractivity contribution in [1.29, 1.82) is 0 Å². The van der Waals surface area contributed by atoms with Crippen molar-refractivity contribution in [3.8, 4) is 0 Å². The average Bonchev–Trinajstić information content (AvgIpc) is 2.28. The van der Waals surface area contributed by atoms with Gasteiger partial charge in [0, 0.05) is 25.5 Å². The van der Waals surface area contributed by atoms with Gasteiger partial charge >= 0.3 is 0 Å².